The molecular formula is C17H23N3O2S2. The van der Waals surface area contributed by atoms with Gasteiger partial charge in [-0.1, -0.05) is 32.5 Å². The number of carbonyl (C=O) groups excluding carboxylic acids is 1. The first-order valence-electron chi connectivity index (χ1n) is 8.33. The molecule has 24 heavy (non-hydrogen) atoms. The Balaban J connectivity index is 2.16. The second-order valence-electron chi connectivity index (χ2n) is 6.99. The maximum atomic E-state index is 13.1. The summed E-state index contributed by atoms with van der Waals surface area (Å²) >= 11 is 2.90. The van der Waals surface area contributed by atoms with E-state index >= 15 is 0 Å². The van der Waals surface area contributed by atoms with E-state index < -0.39 is 5.91 Å². The van der Waals surface area contributed by atoms with Crippen LogP contribution in [-0.2, 0) is 24.2 Å². The molecule has 7 heteroatoms. The molecule has 5 nitrogen and oxygen atoms in total. The molecule has 0 spiro atoms. The second kappa shape index (κ2) is 6.88. The van der Waals surface area contributed by atoms with E-state index in [1.807, 2.05) is 0 Å². The summed E-state index contributed by atoms with van der Waals surface area (Å²) in [5.41, 5.74) is 6.50. The lowest BCUT2D eigenvalue weighted by Gasteiger charge is -2.18. The molecule has 2 heterocycles. The topological polar surface area (TPSA) is 78.0 Å². The Bertz CT molecular complexity index is 838. The molecule has 3 rings (SSSR count). The number of fused-ring (bicyclic) bond motifs is 3. The number of aromatic nitrogens is 2. The Labute approximate surface area is 149 Å². The minimum Gasteiger partial charge on any atom is -0.369 e. The zero-order chi connectivity index (χ0) is 17.4. The highest BCUT2D eigenvalue weighted by molar-refractivity contribution is 7.99. The number of aryl methyl sites for hydroxylation is 1. The SMILES string of the molecule is CC(C)Cn1c(SCC(N)=O)nc2sc3c(c2c1=O)CC[C@H](C)C3. The van der Waals surface area contributed by atoms with Crippen LogP contribution in [0.3, 0.4) is 0 Å². The van der Waals surface area contributed by atoms with Gasteiger partial charge in [0.1, 0.15) is 4.83 Å². The number of hydrogen-bond donors (Lipinski definition) is 1. The fourth-order valence-corrected chi connectivity index (χ4v) is 5.35. The zero-order valence-corrected chi connectivity index (χ0v) is 15.9. The third-order valence-electron chi connectivity index (χ3n) is 4.27. The van der Waals surface area contributed by atoms with Gasteiger partial charge in [0.15, 0.2) is 5.16 Å². The highest BCUT2D eigenvalue weighted by Crippen LogP contribution is 2.36. The van der Waals surface area contributed by atoms with Crippen LogP contribution in [0.5, 0.6) is 0 Å². The molecule has 1 aliphatic rings. The number of thiophene rings is 1. The van der Waals surface area contributed by atoms with Crippen LogP contribution in [0.2, 0.25) is 0 Å². The van der Waals surface area contributed by atoms with Crippen LogP contribution in [0.1, 0.15) is 37.6 Å². The molecule has 130 valence electrons. The molecule has 0 aliphatic heterocycles. The van der Waals surface area contributed by atoms with E-state index in [9.17, 15) is 9.59 Å². The van der Waals surface area contributed by atoms with Crippen molar-refractivity contribution < 1.29 is 4.79 Å². The molecule has 1 amide bonds. The highest BCUT2D eigenvalue weighted by atomic mass is 32.2. The Morgan fingerprint density at radius 1 is 1.50 bits per heavy atom. The summed E-state index contributed by atoms with van der Waals surface area (Å²) in [4.78, 5) is 31.1. The molecule has 1 atom stereocenters. The van der Waals surface area contributed by atoms with Gasteiger partial charge >= 0.3 is 0 Å². The summed E-state index contributed by atoms with van der Waals surface area (Å²) in [7, 11) is 0. The number of nitrogens with zero attached hydrogens (tertiary/aromatic N) is 2. The smallest absolute Gasteiger partial charge is 0.263 e. The molecule has 2 N–H and O–H groups in total. The predicted molar refractivity (Wildman–Crippen MR) is 99.8 cm³/mol. The van der Waals surface area contributed by atoms with Gasteiger partial charge in [0, 0.05) is 11.4 Å². The predicted octanol–water partition coefficient (Wildman–Crippen LogP) is 2.82. The first kappa shape index (κ1) is 17.5. The highest BCUT2D eigenvalue weighted by Gasteiger charge is 2.25. The third kappa shape index (κ3) is 3.37. The van der Waals surface area contributed by atoms with Crippen molar-refractivity contribution in [3.63, 3.8) is 0 Å². The van der Waals surface area contributed by atoms with E-state index in [-0.39, 0.29) is 11.3 Å². The van der Waals surface area contributed by atoms with Gasteiger partial charge in [0.25, 0.3) is 5.56 Å². The fraction of sp³-hybridized carbons (Fsp3) is 0.588. The van der Waals surface area contributed by atoms with Crippen LogP contribution in [0.15, 0.2) is 9.95 Å². The monoisotopic (exact) mass is 365 g/mol. The van der Waals surface area contributed by atoms with E-state index in [2.05, 4.69) is 20.8 Å². The number of amides is 1. The van der Waals surface area contributed by atoms with Crippen LogP contribution in [-0.4, -0.2) is 21.2 Å². The lowest BCUT2D eigenvalue weighted by molar-refractivity contribution is -0.115. The van der Waals surface area contributed by atoms with Crippen molar-refractivity contribution in [2.24, 2.45) is 17.6 Å². The normalized spacial score (nSPS) is 17.4. The Hall–Kier alpha value is -1.34. The van der Waals surface area contributed by atoms with E-state index in [1.54, 1.807) is 15.9 Å². The fourth-order valence-electron chi connectivity index (χ4n) is 3.18. The average Bonchev–Trinajstić information content (AvgIpc) is 2.85. The lowest BCUT2D eigenvalue weighted by Crippen LogP contribution is -2.26. The van der Waals surface area contributed by atoms with Gasteiger partial charge in [-0.2, -0.15) is 0 Å². The Morgan fingerprint density at radius 2 is 2.25 bits per heavy atom. The first-order chi connectivity index (χ1) is 11.4. The largest absolute Gasteiger partial charge is 0.369 e. The first-order valence-corrected chi connectivity index (χ1v) is 10.1. The number of nitrogens with two attached hydrogens (primary N) is 1. The second-order valence-corrected chi connectivity index (χ2v) is 9.02. The summed E-state index contributed by atoms with van der Waals surface area (Å²) in [6, 6.07) is 0. The summed E-state index contributed by atoms with van der Waals surface area (Å²) in [5.74, 6) is 0.722. The van der Waals surface area contributed by atoms with Crippen LogP contribution in [0.25, 0.3) is 10.2 Å². The van der Waals surface area contributed by atoms with Crippen molar-refractivity contribution in [3.05, 3.63) is 20.8 Å². The minimum atomic E-state index is -0.398. The molecule has 2 aromatic rings. The van der Waals surface area contributed by atoms with E-state index in [0.717, 1.165) is 29.5 Å². The number of hydrogen-bond acceptors (Lipinski definition) is 5. The van der Waals surface area contributed by atoms with Gasteiger partial charge in [-0.3, -0.25) is 14.2 Å². The van der Waals surface area contributed by atoms with Crippen molar-refractivity contribution in [1.29, 1.82) is 0 Å². The maximum absolute atomic E-state index is 13.1. The van der Waals surface area contributed by atoms with Gasteiger partial charge in [-0.05, 0) is 36.7 Å². The average molecular weight is 366 g/mol. The van der Waals surface area contributed by atoms with E-state index in [1.165, 1.54) is 22.2 Å². The van der Waals surface area contributed by atoms with Gasteiger partial charge in [0.2, 0.25) is 5.91 Å². The van der Waals surface area contributed by atoms with Crippen molar-refractivity contribution in [3.8, 4) is 0 Å². The van der Waals surface area contributed by atoms with Gasteiger partial charge in [0.05, 0.1) is 11.1 Å². The van der Waals surface area contributed by atoms with E-state index in [4.69, 9.17) is 10.7 Å². The van der Waals surface area contributed by atoms with Crippen molar-refractivity contribution >= 4 is 39.2 Å². The molecular weight excluding hydrogens is 342 g/mol. The molecule has 0 bridgehead atoms. The van der Waals surface area contributed by atoms with Gasteiger partial charge in [-0.15, -0.1) is 11.3 Å². The Kier molecular flexibility index (Phi) is 5.01. The van der Waals surface area contributed by atoms with Crippen LogP contribution >= 0.6 is 23.1 Å². The molecule has 2 aromatic heterocycles. The van der Waals surface area contributed by atoms with Crippen molar-refractivity contribution in [2.75, 3.05) is 5.75 Å². The summed E-state index contributed by atoms with van der Waals surface area (Å²) in [6.07, 6.45) is 3.12. The molecule has 0 radical (unpaired) electrons. The standard InChI is InChI=1S/C17H23N3O2S2/c1-9(2)7-20-16(22)14-11-5-4-10(3)6-12(11)24-15(14)19-17(20)23-8-13(18)21/h9-10H,4-8H2,1-3H3,(H2,18,21)/t10-/m0/s1. The van der Waals surface area contributed by atoms with E-state index in [0.29, 0.717) is 23.5 Å². The van der Waals surface area contributed by atoms with Crippen molar-refractivity contribution in [2.45, 2.75) is 51.7 Å². The third-order valence-corrected chi connectivity index (χ3v) is 6.42. The molecule has 1 aliphatic carbocycles. The summed E-state index contributed by atoms with van der Waals surface area (Å²) in [6.45, 7) is 7.00. The zero-order valence-electron chi connectivity index (χ0n) is 14.3. The van der Waals surface area contributed by atoms with Crippen LogP contribution in [0, 0.1) is 11.8 Å². The molecule has 0 unspecified atom stereocenters. The number of thioether (sulfide) groups is 1. The number of rotatable bonds is 5. The molecule has 0 saturated carbocycles. The Morgan fingerprint density at radius 3 is 2.92 bits per heavy atom. The van der Waals surface area contributed by atoms with Crippen LogP contribution in [0.4, 0.5) is 0 Å². The molecule has 0 fully saturated rings. The van der Waals surface area contributed by atoms with Crippen molar-refractivity contribution in [1.82, 2.24) is 9.55 Å². The summed E-state index contributed by atoms with van der Waals surface area (Å²) in [5, 5.41) is 1.40. The minimum absolute atomic E-state index is 0.0349. The number of carbonyl (C=O) groups is 1. The number of primary amides is 1. The quantitative estimate of drug-likeness (QED) is 0.653. The van der Waals surface area contributed by atoms with Gasteiger partial charge < -0.3 is 5.73 Å². The summed E-state index contributed by atoms with van der Waals surface area (Å²) < 4.78 is 1.73. The molecule has 0 saturated heterocycles. The van der Waals surface area contributed by atoms with Crippen LogP contribution < -0.4 is 11.3 Å². The van der Waals surface area contributed by atoms with Gasteiger partial charge in [-0.25, -0.2) is 4.98 Å². The lowest BCUT2D eigenvalue weighted by atomic mass is 9.89. The maximum Gasteiger partial charge on any atom is 0.263 e. The molecule has 0 aromatic carbocycles.